The summed E-state index contributed by atoms with van der Waals surface area (Å²) in [7, 11) is 0. The second-order valence-corrected chi connectivity index (χ2v) is 11.4. The zero-order chi connectivity index (χ0) is 26.3. The molecule has 3 aliphatic rings. The Bertz CT molecular complexity index is 1360. The van der Waals surface area contributed by atoms with Crippen LogP contribution in [0.2, 0.25) is 5.02 Å². The first-order valence-corrected chi connectivity index (χ1v) is 14.1. The highest BCUT2D eigenvalue weighted by Gasteiger charge is 2.36. The van der Waals surface area contributed by atoms with E-state index >= 15 is 0 Å². The number of hydrogen-bond donors (Lipinski definition) is 3. The molecule has 3 heterocycles. The molecular formula is C31H35ClN4O2. The van der Waals surface area contributed by atoms with Gasteiger partial charge in [0, 0.05) is 52.5 Å². The van der Waals surface area contributed by atoms with Crippen LogP contribution in [0.15, 0.2) is 48.7 Å². The van der Waals surface area contributed by atoms with E-state index < -0.39 is 5.60 Å². The van der Waals surface area contributed by atoms with Crippen molar-refractivity contribution in [2.45, 2.75) is 56.6 Å². The van der Waals surface area contributed by atoms with E-state index in [0.29, 0.717) is 46.6 Å². The number of benzene rings is 2. The van der Waals surface area contributed by atoms with Crippen LogP contribution in [0.1, 0.15) is 59.9 Å². The Morgan fingerprint density at radius 2 is 1.84 bits per heavy atom. The van der Waals surface area contributed by atoms with E-state index in [4.69, 9.17) is 27.5 Å². The molecule has 2 unspecified atom stereocenters. The molecule has 38 heavy (non-hydrogen) atoms. The van der Waals surface area contributed by atoms with Crippen LogP contribution >= 0.6 is 11.6 Å². The molecule has 1 aliphatic carbocycles. The van der Waals surface area contributed by atoms with E-state index in [-0.39, 0.29) is 12.3 Å². The number of likely N-dealkylation sites (tertiary alicyclic amines) is 1. The standard InChI is InChI=1S/C31H35ClN4O2/c32-28-17-23(7-10-27(28)31(37)11-14-38-19-31)29(33)26-16-24(18-35-30(26)34)22-4-3-20-5-8-25(9-6-21(20)15-22)36-12-1-2-13-36/h3-4,7,10,15-18,25,33,37H,1-2,5-6,8-9,11-14,19H2,(H2,34,35). The van der Waals surface area contributed by atoms with Crippen molar-refractivity contribution in [3.05, 3.63) is 81.5 Å². The second kappa shape index (κ2) is 10.4. The monoisotopic (exact) mass is 530 g/mol. The first-order valence-electron chi connectivity index (χ1n) is 13.7. The fraction of sp³-hybridized carbons (Fsp3) is 0.419. The van der Waals surface area contributed by atoms with Gasteiger partial charge in [-0.05, 0) is 80.4 Å². The SMILES string of the molecule is N=C(c1ccc(C2(O)CCOC2)c(Cl)c1)c1cc(-c2ccc3c(c2)CCC(N2CCCC2)CC3)cnc1N. The number of nitrogen functional groups attached to an aromatic ring is 1. The van der Waals surface area contributed by atoms with E-state index in [9.17, 15) is 5.11 Å². The fourth-order valence-corrected chi connectivity index (χ4v) is 6.70. The van der Waals surface area contributed by atoms with Gasteiger partial charge in [-0.1, -0.05) is 41.9 Å². The molecule has 2 fully saturated rings. The largest absolute Gasteiger partial charge is 0.383 e. The van der Waals surface area contributed by atoms with Gasteiger partial charge >= 0.3 is 0 Å². The molecule has 0 saturated carbocycles. The van der Waals surface area contributed by atoms with Crippen LogP contribution in [0.4, 0.5) is 5.82 Å². The molecule has 1 aromatic heterocycles. The van der Waals surface area contributed by atoms with Crippen molar-refractivity contribution in [1.82, 2.24) is 9.88 Å². The summed E-state index contributed by atoms with van der Waals surface area (Å²) in [5.74, 6) is 0.310. The number of pyridine rings is 1. The van der Waals surface area contributed by atoms with Crippen LogP contribution in [0.5, 0.6) is 0 Å². The average molecular weight is 531 g/mol. The van der Waals surface area contributed by atoms with E-state index in [1.54, 1.807) is 18.3 Å². The van der Waals surface area contributed by atoms with E-state index in [1.165, 1.54) is 49.9 Å². The van der Waals surface area contributed by atoms with Crippen molar-refractivity contribution >= 4 is 23.1 Å². The minimum atomic E-state index is -1.09. The Morgan fingerprint density at radius 1 is 1.05 bits per heavy atom. The molecule has 0 amide bonds. The molecule has 0 spiro atoms. The normalized spacial score (nSPS) is 23.8. The maximum absolute atomic E-state index is 10.9. The first-order chi connectivity index (χ1) is 18.4. The Hall–Kier alpha value is -2.77. The van der Waals surface area contributed by atoms with Gasteiger partial charge in [0.05, 0.1) is 12.3 Å². The Labute approximate surface area is 229 Å². The van der Waals surface area contributed by atoms with Gasteiger partial charge in [-0.3, -0.25) is 5.41 Å². The number of rotatable bonds is 5. The lowest BCUT2D eigenvalue weighted by molar-refractivity contribution is 0.0233. The van der Waals surface area contributed by atoms with Gasteiger partial charge in [0.1, 0.15) is 11.4 Å². The number of nitrogens with zero attached hydrogens (tertiary/aromatic N) is 2. The Morgan fingerprint density at radius 3 is 2.58 bits per heavy atom. The Balaban J connectivity index is 1.25. The zero-order valence-electron chi connectivity index (χ0n) is 21.7. The summed E-state index contributed by atoms with van der Waals surface area (Å²) in [4.78, 5) is 7.14. The number of aromatic nitrogens is 1. The number of ether oxygens (including phenoxy) is 1. The zero-order valence-corrected chi connectivity index (χ0v) is 22.4. The van der Waals surface area contributed by atoms with Gasteiger partial charge in [-0.25, -0.2) is 4.98 Å². The smallest absolute Gasteiger partial charge is 0.132 e. The highest BCUT2D eigenvalue weighted by molar-refractivity contribution is 6.32. The number of anilines is 1. The number of nitrogens with two attached hydrogens (primary N) is 1. The molecule has 2 aliphatic heterocycles. The molecule has 4 N–H and O–H groups in total. The van der Waals surface area contributed by atoms with Gasteiger partial charge < -0.3 is 20.5 Å². The van der Waals surface area contributed by atoms with E-state index in [1.807, 2.05) is 12.1 Å². The molecule has 2 saturated heterocycles. The third kappa shape index (κ3) is 4.87. The quantitative estimate of drug-likeness (QED) is 0.305. The van der Waals surface area contributed by atoms with Crippen LogP contribution in [0.3, 0.4) is 0 Å². The fourth-order valence-electron chi connectivity index (χ4n) is 6.35. The van der Waals surface area contributed by atoms with Crippen molar-refractivity contribution < 1.29 is 9.84 Å². The van der Waals surface area contributed by atoms with Crippen LogP contribution in [-0.2, 0) is 23.2 Å². The number of aliphatic hydroxyl groups is 1. The number of aryl methyl sites for hydroxylation is 2. The summed E-state index contributed by atoms with van der Waals surface area (Å²) in [6.07, 6.45) is 9.64. The summed E-state index contributed by atoms with van der Waals surface area (Å²) in [5, 5.41) is 20.2. The molecule has 3 aromatic rings. The van der Waals surface area contributed by atoms with Crippen molar-refractivity contribution in [3.8, 4) is 11.1 Å². The summed E-state index contributed by atoms with van der Waals surface area (Å²) in [6, 6.07) is 14.7. The van der Waals surface area contributed by atoms with E-state index in [0.717, 1.165) is 24.0 Å². The van der Waals surface area contributed by atoms with Crippen LogP contribution < -0.4 is 5.73 Å². The lowest BCUT2D eigenvalue weighted by Crippen LogP contribution is -2.32. The highest BCUT2D eigenvalue weighted by Crippen LogP contribution is 2.36. The molecule has 7 heteroatoms. The second-order valence-electron chi connectivity index (χ2n) is 11.0. The lowest BCUT2D eigenvalue weighted by atomic mass is 9.90. The predicted octanol–water partition coefficient (Wildman–Crippen LogP) is 5.35. The van der Waals surface area contributed by atoms with Crippen LogP contribution in [0.25, 0.3) is 11.1 Å². The molecule has 0 radical (unpaired) electrons. The van der Waals surface area contributed by atoms with Crippen LogP contribution in [-0.4, -0.2) is 53.0 Å². The summed E-state index contributed by atoms with van der Waals surface area (Å²) in [6.45, 7) is 3.23. The molecule has 2 atom stereocenters. The third-order valence-corrected chi connectivity index (χ3v) is 8.95. The van der Waals surface area contributed by atoms with Gasteiger partial charge in [0.25, 0.3) is 0 Å². The van der Waals surface area contributed by atoms with Gasteiger partial charge in [-0.2, -0.15) is 0 Å². The summed E-state index contributed by atoms with van der Waals surface area (Å²) >= 11 is 6.57. The maximum atomic E-state index is 10.9. The highest BCUT2D eigenvalue weighted by atomic mass is 35.5. The molecule has 6 nitrogen and oxygen atoms in total. The molecule has 0 bridgehead atoms. The van der Waals surface area contributed by atoms with E-state index in [2.05, 4.69) is 28.1 Å². The minimum Gasteiger partial charge on any atom is -0.383 e. The lowest BCUT2D eigenvalue weighted by Gasteiger charge is -2.26. The predicted molar refractivity (Wildman–Crippen MR) is 152 cm³/mol. The van der Waals surface area contributed by atoms with Crippen molar-refractivity contribution in [1.29, 1.82) is 5.41 Å². The third-order valence-electron chi connectivity index (χ3n) is 8.64. The summed E-state index contributed by atoms with van der Waals surface area (Å²) in [5.41, 5.74) is 12.2. The molecular weight excluding hydrogens is 496 g/mol. The molecule has 2 aromatic carbocycles. The Kier molecular flexibility index (Phi) is 6.99. The average Bonchev–Trinajstić information content (AvgIpc) is 3.57. The number of fused-ring (bicyclic) bond motifs is 1. The number of hydrogen-bond acceptors (Lipinski definition) is 6. The summed E-state index contributed by atoms with van der Waals surface area (Å²) < 4.78 is 5.38. The first kappa shape index (κ1) is 25.5. The van der Waals surface area contributed by atoms with Crippen molar-refractivity contribution in [3.63, 3.8) is 0 Å². The van der Waals surface area contributed by atoms with Gasteiger partial charge in [0.15, 0.2) is 0 Å². The minimum absolute atomic E-state index is 0.224. The van der Waals surface area contributed by atoms with Gasteiger partial charge in [0.2, 0.25) is 0 Å². The molecule has 6 rings (SSSR count). The van der Waals surface area contributed by atoms with Gasteiger partial charge in [-0.15, -0.1) is 0 Å². The topological polar surface area (TPSA) is 95.5 Å². The molecule has 198 valence electrons. The maximum Gasteiger partial charge on any atom is 0.132 e. The number of nitrogens with one attached hydrogen (secondary N) is 1. The van der Waals surface area contributed by atoms with Crippen LogP contribution in [0, 0.1) is 5.41 Å². The van der Waals surface area contributed by atoms with Crippen molar-refractivity contribution in [2.75, 3.05) is 32.0 Å². The number of halogens is 1. The van der Waals surface area contributed by atoms with Crippen molar-refractivity contribution in [2.24, 2.45) is 0 Å².